The van der Waals surface area contributed by atoms with Crippen molar-refractivity contribution in [1.82, 2.24) is 4.41 Å². The molecule has 1 atom stereocenters. The Balaban J connectivity index is 2.33. The third-order valence-electron chi connectivity index (χ3n) is 2.89. The van der Waals surface area contributed by atoms with Gasteiger partial charge in [-0.1, -0.05) is 29.8 Å². The average Bonchev–Trinajstić information content (AvgIpc) is 2.25. The molecular weight excluding hydrogens is 240 g/mol. The molecule has 1 aromatic carbocycles. The third-order valence-corrected chi connectivity index (χ3v) is 4.52. The van der Waals surface area contributed by atoms with Gasteiger partial charge in [-0.25, -0.2) is 14.3 Å². The fourth-order valence-corrected chi connectivity index (χ4v) is 3.35. The van der Waals surface area contributed by atoms with Gasteiger partial charge in [0.05, 0.1) is 5.75 Å². The van der Waals surface area contributed by atoms with Crippen LogP contribution in [0, 0.1) is 6.92 Å². The lowest BCUT2D eigenvalue weighted by Gasteiger charge is -2.28. The van der Waals surface area contributed by atoms with Gasteiger partial charge in [-0.3, -0.25) is 4.79 Å². The number of hydrazine groups is 1. The molecule has 5 nitrogen and oxygen atoms in total. The van der Waals surface area contributed by atoms with E-state index in [1.165, 1.54) is 0 Å². The molecule has 92 valence electrons. The van der Waals surface area contributed by atoms with Gasteiger partial charge < -0.3 is 0 Å². The number of carbonyl (C=O) groups is 1. The minimum Gasteiger partial charge on any atom is -0.272 e. The molecule has 1 aromatic rings. The Labute approximate surface area is 100 Å². The number of hydrogen-bond donors (Lipinski definition) is 1. The van der Waals surface area contributed by atoms with Crippen LogP contribution in [0.1, 0.15) is 23.5 Å². The van der Waals surface area contributed by atoms with Gasteiger partial charge in [-0.2, -0.15) is 4.41 Å². The molecule has 1 saturated heterocycles. The van der Waals surface area contributed by atoms with E-state index in [9.17, 15) is 13.2 Å². The fourth-order valence-electron chi connectivity index (χ4n) is 1.99. The van der Waals surface area contributed by atoms with E-state index in [1.54, 1.807) is 0 Å². The first-order valence-electron chi connectivity index (χ1n) is 5.27. The first kappa shape index (κ1) is 12.1. The van der Waals surface area contributed by atoms with E-state index in [-0.39, 0.29) is 18.1 Å². The van der Waals surface area contributed by atoms with Crippen LogP contribution in [-0.2, 0) is 14.8 Å². The van der Waals surface area contributed by atoms with Gasteiger partial charge in [0.1, 0.15) is 0 Å². The normalized spacial score (nSPS) is 23.8. The van der Waals surface area contributed by atoms with Gasteiger partial charge in [0.25, 0.3) is 15.9 Å². The first-order valence-corrected chi connectivity index (χ1v) is 6.88. The first-order chi connectivity index (χ1) is 7.90. The Morgan fingerprint density at radius 3 is 2.71 bits per heavy atom. The summed E-state index contributed by atoms with van der Waals surface area (Å²) in [6, 6.07) is 7.53. The van der Waals surface area contributed by atoms with E-state index in [4.69, 9.17) is 5.84 Å². The highest BCUT2D eigenvalue weighted by molar-refractivity contribution is 7.89. The molecule has 0 aliphatic carbocycles. The lowest BCUT2D eigenvalue weighted by Crippen LogP contribution is -2.49. The number of aryl methyl sites for hydroxylation is 1. The van der Waals surface area contributed by atoms with Crippen molar-refractivity contribution in [2.24, 2.45) is 5.84 Å². The van der Waals surface area contributed by atoms with E-state index < -0.39 is 15.9 Å². The molecule has 1 fully saturated rings. The van der Waals surface area contributed by atoms with E-state index >= 15 is 0 Å². The van der Waals surface area contributed by atoms with Crippen molar-refractivity contribution in [1.29, 1.82) is 0 Å². The minimum atomic E-state index is -3.66. The highest BCUT2D eigenvalue weighted by Gasteiger charge is 2.36. The molecule has 0 spiro atoms. The second kappa shape index (κ2) is 4.12. The van der Waals surface area contributed by atoms with E-state index in [2.05, 4.69) is 0 Å². The standard InChI is InChI=1S/C11H14N2O3S/c1-8-3-2-4-9(5-8)10-6-11(14)13(12)17(15,16)7-10/h2-5,10H,6-7,12H2,1H3. The largest absolute Gasteiger partial charge is 0.272 e. The molecule has 0 aromatic heterocycles. The van der Waals surface area contributed by atoms with Gasteiger partial charge >= 0.3 is 0 Å². The molecule has 0 radical (unpaired) electrons. The van der Waals surface area contributed by atoms with Crippen LogP contribution in [0.5, 0.6) is 0 Å². The van der Waals surface area contributed by atoms with Crippen LogP contribution in [-0.4, -0.2) is 24.5 Å². The number of amides is 1. The Morgan fingerprint density at radius 1 is 1.41 bits per heavy atom. The molecule has 1 aliphatic heterocycles. The Bertz CT molecular complexity index is 554. The predicted octanol–water partition coefficient (Wildman–Crippen LogP) is 0.514. The maximum Gasteiger partial charge on any atom is 0.251 e. The average molecular weight is 254 g/mol. The molecule has 2 N–H and O–H groups in total. The summed E-state index contributed by atoms with van der Waals surface area (Å²) >= 11 is 0. The molecule has 0 bridgehead atoms. The van der Waals surface area contributed by atoms with E-state index in [0.29, 0.717) is 4.41 Å². The summed E-state index contributed by atoms with van der Waals surface area (Å²) in [5, 5.41) is 0. The smallest absolute Gasteiger partial charge is 0.251 e. The predicted molar refractivity (Wildman–Crippen MR) is 63.4 cm³/mol. The number of hydrogen-bond acceptors (Lipinski definition) is 4. The SMILES string of the molecule is Cc1cccc(C2CC(=O)N(N)S(=O)(=O)C2)c1. The van der Waals surface area contributed by atoms with Gasteiger partial charge in [0.2, 0.25) is 0 Å². The third kappa shape index (κ3) is 2.32. The highest BCUT2D eigenvalue weighted by Crippen LogP contribution is 2.28. The summed E-state index contributed by atoms with van der Waals surface area (Å²) in [7, 11) is -3.66. The molecule has 1 amide bonds. The maximum atomic E-state index is 11.6. The molecule has 17 heavy (non-hydrogen) atoms. The number of nitrogens with zero attached hydrogens (tertiary/aromatic N) is 1. The van der Waals surface area contributed by atoms with Gasteiger partial charge in [0.15, 0.2) is 0 Å². The quantitative estimate of drug-likeness (QED) is 0.585. The summed E-state index contributed by atoms with van der Waals surface area (Å²) in [6.45, 7) is 1.93. The highest BCUT2D eigenvalue weighted by atomic mass is 32.2. The van der Waals surface area contributed by atoms with Gasteiger partial charge in [-0.05, 0) is 12.5 Å². The topological polar surface area (TPSA) is 80.5 Å². The monoisotopic (exact) mass is 254 g/mol. The molecule has 0 saturated carbocycles. The molecule has 2 rings (SSSR count). The van der Waals surface area contributed by atoms with Crippen LogP contribution < -0.4 is 5.84 Å². The maximum absolute atomic E-state index is 11.6. The second-order valence-electron chi connectivity index (χ2n) is 4.28. The number of rotatable bonds is 1. The van der Waals surface area contributed by atoms with Gasteiger partial charge in [0, 0.05) is 12.3 Å². The summed E-state index contributed by atoms with van der Waals surface area (Å²) in [4.78, 5) is 11.5. The molecule has 1 heterocycles. The van der Waals surface area contributed by atoms with Crippen LogP contribution >= 0.6 is 0 Å². The lowest BCUT2D eigenvalue weighted by atomic mass is 9.96. The molecular formula is C11H14N2O3S. The van der Waals surface area contributed by atoms with E-state index in [0.717, 1.165) is 11.1 Å². The molecule has 1 aliphatic rings. The second-order valence-corrected chi connectivity index (χ2v) is 6.17. The lowest BCUT2D eigenvalue weighted by molar-refractivity contribution is -0.127. The zero-order chi connectivity index (χ0) is 12.6. The summed E-state index contributed by atoms with van der Waals surface area (Å²) in [5.74, 6) is 4.26. The van der Waals surface area contributed by atoms with E-state index in [1.807, 2.05) is 31.2 Å². The fraction of sp³-hybridized carbons (Fsp3) is 0.364. The zero-order valence-electron chi connectivity index (χ0n) is 9.46. The van der Waals surface area contributed by atoms with Crippen molar-refractivity contribution in [2.45, 2.75) is 19.3 Å². The van der Waals surface area contributed by atoms with Gasteiger partial charge in [-0.15, -0.1) is 0 Å². The Kier molecular flexibility index (Phi) is 2.92. The number of sulfonamides is 1. The van der Waals surface area contributed by atoms with Crippen molar-refractivity contribution in [3.63, 3.8) is 0 Å². The van der Waals surface area contributed by atoms with Crippen molar-refractivity contribution in [3.05, 3.63) is 35.4 Å². The zero-order valence-corrected chi connectivity index (χ0v) is 10.3. The van der Waals surface area contributed by atoms with Crippen molar-refractivity contribution in [3.8, 4) is 0 Å². The van der Waals surface area contributed by atoms with Crippen LogP contribution in [0.3, 0.4) is 0 Å². The Hall–Kier alpha value is -1.40. The Morgan fingerprint density at radius 2 is 2.12 bits per heavy atom. The van der Waals surface area contributed by atoms with Crippen LogP contribution in [0.2, 0.25) is 0 Å². The summed E-state index contributed by atoms with van der Waals surface area (Å²) in [5.41, 5.74) is 1.91. The number of benzene rings is 1. The summed E-state index contributed by atoms with van der Waals surface area (Å²) < 4.78 is 23.6. The van der Waals surface area contributed by atoms with Crippen LogP contribution in [0.15, 0.2) is 24.3 Å². The molecule has 6 heteroatoms. The number of carbonyl (C=O) groups excluding carboxylic acids is 1. The molecule has 1 unspecified atom stereocenters. The van der Waals surface area contributed by atoms with Crippen molar-refractivity contribution >= 4 is 15.9 Å². The minimum absolute atomic E-state index is 0.112. The number of nitrogens with two attached hydrogens (primary N) is 1. The van der Waals surface area contributed by atoms with Crippen LogP contribution in [0.4, 0.5) is 0 Å². The van der Waals surface area contributed by atoms with Crippen LogP contribution in [0.25, 0.3) is 0 Å². The van der Waals surface area contributed by atoms with Crippen molar-refractivity contribution in [2.75, 3.05) is 5.75 Å². The summed E-state index contributed by atoms with van der Waals surface area (Å²) in [6.07, 6.45) is 0.138. The van der Waals surface area contributed by atoms with Crippen molar-refractivity contribution < 1.29 is 13.2 Å².